The topological polar surface area (TPSA) is 76.8 Å². The molecule has 0 saturated carbocycles. The number of halogens is 1. The van der Waals surface area contributed by atoms with Crippen LogP contribution in [0.5, 0.6) is 0 Å². The number of hydrogen-bond donors (Lipinski definition) is 0. The predicted molar refractivity (Wildman–Crippen MR) is 92.9 cm³/mol. The predicted octanol–water partition coefficient (Wildman–Crippen LogP) is 2.67. The second kappa shape index (κ2) is 7.06. The third-order valence-corrected chi connectivity index (χ3v) is 4.55. The number of carbonyl (C=O) groups excluding carboxylic acids is 1. The third kappa shape index (κ3) is 3.71. The fraction of sp³-hybridized carbons (Fsp3) is 0.312. The molecule has 1 amide bonds. The molecule has 0 bridgehead atoms. The van der Waals surface area contributed by atoms with Gasteiger partial charge in [-0.05, 0) is 42.8 Å². The first-order chi connectivity index (χ1) is 12.0. The van der Waals surface area contributed by atoms with Crippen molar-refractivity contribution in [1.29, 1.82) is 0 Å². The molecule has 7 nitrogen and oxygen atoms in total. The highest BCUT2D eigenvalue weighted by Gasteiger charge is 2.14. The number of tetrazole rings is 1. The van der Waals surface area contributed by atoms with Crippen LogP contribution in [-0.4, -0.2) is 37.6 Å². The SMILES string of the molecule is CCN(C(C)=O)c1nc(Cn2nnc(-c3ccc(F)c(C)c3)n2)cs1. The van der Waals surface area contributed by atoms with Gasteiger partial charge in [-0.3, -0.25) is 9.69 Å². The molecule has 0 radical (unpaired) electrons. The summed E-state index contributed by atoms with van der Waals surface area (Å²) in [6.45, 7) is 6.02. The Morgan fingerprint density at radius 2 is 2.20 bits per heavy atom. The minimum absolute atomic E-state index is 0.0451. The summed E-state index contributed by atoms with van der Waals surface area (Å²) in [5, 5.41) is 14.9. The molecule has 2 heterocycles. The lowest BCUT2D eigenvalue weighted by Crippen LogP contribution is -2.27. The fourth-order valence-corrected chi connectivity index (χ4v) is 3.26. The van der Waals surface area contributed by atoms with Gasteiger partial charge in [-0.15, -0.1) is 21.5 Å². The number of thiazole rings is 1. The average molecular weight is 360 g/mol. The van der Waals surface area contributed by atoms with E-state index in [4.69, 9.17) is 0 Å². The molecule has 9 heteroatoms. The normalized spacial score (nSPS) is 10.9. The lowest BCUT2D eigenvalue weighted by Gasteiger charge is -2.14. The van der Waals surface area contributed by atoms with Crippen LogP contribution < -0.4 is 4.90 Å². The van der Waals surface area contributed by atoms with Crippen LogP contribution in [0.25, 0.3) is 11.4 Å². The fourth-order valence-electron chi connectivity index (χ4n) is 2.34. The van der Waals surface area contributed by atoms with Gasteiger partial charge < -0.3 is 0 Å². The van der Waals surface area contributed by atoms with Crippen molar-refractivity contribution in [3.05, 3.63) is 40.7 Å². The quantitative estimate of drug-likeness (QED) is 0.699. The summed E-state index contributed by atoms with van der Waals surface area (Å²) in [5.41, 5.74) is 1.98. The van der Waals surface area contributed by atoms with Crippen LogP contribution in [0.1, 0.15) is 25.1 Å². The monoisotopic (exact) mass is 360 g/mol. The molecule has 0 aliphatic rings. The zero-order valence-corrected chi connectivity index (χ0v) is 14.9. The van der Waals surface area contributed by atoms with Crippen LogP contribution in [-0.2, 0) is 11.3 Å². The zero-order chi connectivity index (χ0) is 18.0. The molecule has 0 fully saturated rings. The van der Waals surface area contributed by atoms with E-state index in [1.807, 2.05) is 12.3 Å². The number of amides is 1. The molecule has 0 atom stereocenters. The molecule has 0 aliphatic heterocycles. The van der Waals surface area contributed by atoms with E-state index in [1.165, 1.54) is 29.1 Å². The summed E-state index contributed by atoms with van der Waals surface area (Å²) in [7, 11) is 0. The number of anilines is 1. The maximum atomic E-state index is 13.4. The van der Waals surface area contributed by atoms with Crippen molar-refractivity contribution in [2.45, 2.75) is 27.3 Å². The molecule has 0 saturated heterocycles. The summed E-state index contributed by atoms with van der Waals surface area (Å²) < 4.78 is 13.4. The number of carbonyl (C=O) groups is 1. The number of hydrogen-bond acceptors (Lipinski definition) is 6. The Hall–Kier alpha value is -2.68. The molecule has 0 unspecified atom stereocenters. The highest BCUT2D eigenvalue weighted by atomic mass is 32.1. The number of rotatable bonds is 5. The largest absolute Gasteiger partial charge is 0.289 e. The maximum absolute atomic E-state index is 13.4. The van der Waals surface area contributed by atoms with Crippen LogP contribution in [0, 0.1) is 12.7 Å². The van der Waals surface area contributed by atoms with Gasteiger partial charge in [0, 0.05) is 24.4 Å². The lowest BCUT2D eigenvalue weighted by atomic mass is 10.1. The summed E-state index contributed by atoms with van der Waals surface area (Å²) >= 11 is 1.40. The Morgan fingerprint density at radius 1 is 1.40 bits per heavy atom. The maximum Gasteiger partial charge on any atom is 0.225 e. The Bertz CT molecular complexity index is 906. The number of aromatic nitrogens is 5. The van der Waals surface area contributed by atoms with Crippen molar-refractivity contribution in [1.82, 2.24) is 25.2 Å². The molecule has 25 heavy (non-hydrogen) atoms. The molecular formula is C16H17FN6OS. The van der Waals surface area contributed by atoms with Crippen molar-refractivity contribution >= 4 is 22.4 Å². The van der Waals surface area contributed by atoms with Crippen molar-refractivity contribution in [3.8, 4) is 11.4 Å². The van der Waals surface area contributed by atoms with Crippen LogP contribution in [0.3, 0.4) is 0 Å². The van der Waals surface area contributed by atoms with E-state index in [-0.39, 0.29) is 11.7 Å². The minimum Gasteiger partial charge on any atom is -0.289 e. The molecule has 130 valence electrons. The van der Waals surface area contributed by atoms with Crippen molar-refractivity contribution < 1.29 is 9.18 Å². The summed E-state index contributed by atoms with van der Waals surface area (Å²) in [5.74, 6) is 0.116. The first kappa shape index (κ1) is 17.2. The number of aryl methyl sites for hydroxylation is 1. The molecule has 2 aromatic heterocycles. The smallest absolute Gasteiger partial charge is 0.225 e. The van der Waals surface area contributed by atoms with Gasteiger partial charge in [0.25, 0.3) is 0 Å². The van der Waals surface area contributed by atoms with Crippen LogP contribution in [0.15, 0.2) is 23.6 Å². The van der Waals surface area contributed by atoms with Gasteiger partial charge in [-0.2, -0.15) is 4.80 Å². The standard InChI is InChI=1S/C16H17FN6OS/c1-4-22(11(3)24)16-18-13(9-25-16)8-23-20-15(19-21-23)12-5-6-14(17)10(2)7-12/h5-7,9H,4,8H2,1-3H3. The van der Waals surface area contributed by atoms with E-state index >= 15 is 0 Å². The van der Waals surface area contributed by atoms with E-state index in [1.54, 1.807) is 24.0 Å². The van der Waals surface area contributed by atoms with E-state index < -0.39 is 0 Å². The van der Waals surface area contributed by atoms with Crippen molar-refractivity contribution in [2.75, 3.05) is 11.4 Å². The van der Waals surface area contributed by atoms with Gasteiger partial charge in [-0.25, -0.2) is 9.37 Å². The summed E-state index contributed by atoms with van der Waals surface area (Å²) in [4.78, 5) is 19.1. The first-order valence-electron chi connectivity index (χ1n) is 7.74. The Morgan fingerprint density at radius 3 is 2.88 bits per heavy atom. The van der Waals surface area contributed by atoms with E-state index in [9.17, 15) is 9.18 Å². The first-order valence-corrected chi connectivity index (χ1v) is 8.62. The Labute approximate surface area is 148 Å². The van der Waals surface area contributed by atoms with Gasteiger partial charge in [-0.1, -0.05) is 0 Å². The van der Waals surface area contributed by atoms with Gasteiger partial charge in [0.2, 0.25) is 11.7 Å². The molecule has 3 rings (SSSR count). The highest BCUT2D eigenvalue weighted by Crippen LogP contribution is 2.21. The van der Waals surface area contributed by atoms with Gasteiger partial charge in [0.05, 0.1) is 5.69 Å². The number of benzene rings is 1. The van der Waals surface area contributed by atoms with Crippen molar-refractivity contribution in [3.63, 3.8) is 0 Å². The molecule has 3 aromatic rings. The molecule has 1 aromatic carbocycles. The Balaban J connectivity index is 1.76. The summed E-state index contributed by atoms with van der Waals surface area (Å²) in [6, 6.07) is 4.69. The van der Waals surface area contributed by atoms with Crippen LogP contribution in [0.2, 0.25) is 0 Å². The summed E-state index contributed by atoms with van der Waals surface area (Å²) in [6.07, 6.45) is 0. The Kier molecular flexibility index (Phi) is 4.84. The minimum atomic E-state index is -0.267. The van der Waals surface area contributed by atoms with Gasteiger partial charge >= 0.3 is 0 Å². The highest BCUT2D eigenvalue weighted by molar-refractivity contribution is 7.14. The van der Waals surface area contributed by atoms with Crippen LogP contribution >= 0.6 is 11.3 Å². The lowest BCUT2D eigenvalue weighted by molar-refractivity contribution is -0.116. The molecule has 0 spiro atoms. The van der Waals surface area contributed by atoms with Gasteiger partial charge in [0.15, 0.2) is 5.13 Å². The van der Waals surface area contributed by atoms with Gasteiger partial charge in [0.1, 0.15) is 12.4 Å². The zero-order valence-electron chi connectivity index (χ0n) is 14.1. The van der Waals surface area contributed by atoms with E-state index in [0.717, 1.165) is 5.69 Å². The second-order valence-corrected chi connectivity index (χ2v) is 6.33. The molecular weight excluding hydrogens is 343 g/mol. The third-order valence-electron chi connectivity index (χ3n) is 3.64. The second-order valence-electron chi connectivity index (χ2n) is 5.49. The van der Waals surface area contributed by atoms with Crippen LogP contribution in [0.4, 0.5) is 9.52 Å². The van der Waals surface area contributed by atoms with E-state index in [2.05, 4.69) is 20.4 Å². The average Bonchev–Trinajstić information content (AvgIpc) is 3.21. The number of nitrogens with zero attached hydrogens (tertiary/aromatic N) is 6. The molecule has 0 aliphatic carbocycles. The molecule has 0 N–H and O–H groups in total. The van der Waals surface area contributed by atoms with E-state index in [0.29, 0.717) is 35.2 Å². The van der Waals surface area contributed by atoms with Crippen molar-refractivity contribution in [2.24, 2.45) is 0 Å².